The van der Waals surface area contributed by atoms with Gasteiger partial charge in [0, 0.05) is 25.6 Å². The molecule has 2 fully saturated rings. The second kappa shape index (κ2) is 8.20. The van der Waals surface area contributed by atoms with Crippen molar-refractivity contribution in [2.45, 2.75) is 51.9 Å². The zero-order valence-electron chi connectivity index (χ0n) is 12.5. The number of nitrogens with zero attached hydrogens (tertiary/aromatic N) is 1. The van der Waals surface area contributed by atoms with Gasteiger partial charge in [0.05, 0.1) is 25.9 Å². The highest BCUT2D eigenvalue weighted by Crippen LogP contribution is 2.26. The molecule has 2 aliphatic rings. The van der Waals surface area contributed by atoms with Crippen molar-refractivity contribution >= 4 is 0 Å². The van der Waals surface area contributed by atoms with E-state index in [1.807, 2.05) is 0 Å². The van der Waals surface area contributed by atoms with Gasteiger partial charge in [0.15, 0.2) is 6.29 Å². The number of hydrogen-bond donors (Lipinski definition) is 0. The molecule has 2 aliphatic heterocycles. The first-order chi connectivity index (χ1) is 9.33. The van der Waals surface area contributed by atoms with Gasteiger partial charge in [0.1, 0.15) is 0 Å². The van der Waals surface area contributed by atoms with Gasteiger partial charge in [-0.15, -0.1) is 0 Å². The van der Waals surface area contributed by atoms with Crippen molar-refractivity contribution in [3.05, 3.63) is 0 Å². The molecule has 0 aliphatic carbocycles. The topological polar surface area (TPSA) is 30.9 Å². The molecule has 0 radical (unpaired) electrons. The molecule has 0 aromatic carbocycles. The predicted octanol–water partition coefficient (Wildman–Crippen LogP) is 2.28. The maximum atomic E-state index is 6.11. The van der Waals surface area contributed by atoms with Crippen molar-refractivity contribution in [1.82, 2.24) is 4.90 Å². The Bertz CT molecular complexity index is 244. The van der Waals surface area contributed by atoms with Crippen LogP contribution in [0.3, 0.4) is 0 Å². The van der Waals surface area contributed by atoms with Gasteiger partial charge in [-0.05, 0) is 12.8 Å². The quantitative estimate of drug-likeness (QED) is 0.711. The van der Waals surface area contributed by atoms with E-state index < -0.39 is 0 Å². The summed E-state index contributed by atoms with van der Waals surface area (Å²) in [5.41, 5.74) is 0. The van der Waals surface area contributed by atoms with E-state index in [2.05, 4.69) is 18.7 Å². The molecular formula is C15H29NO3. The van der Waals surface area contributed by atoms with Gasteiger partial charge >= 0.3 is 0 Å². The Hall–Kier alpha value is -0.160. The Morgan fingerprint density at radius 3 is 2.68 bits per heavy atom. The Morgan fingerprint density at radius 1 is 1.21 bits per heavy atom. The minimum atomic E-state index is 0.0302. The summed E-state index contributed by atoms with van der Waals surface area (Å²) in [6, 6.07) is 0. The third kappa shape index (κ3) is 4.71. The summed E-state index contributed by atoms with van der Waals surface area (Å²) < 4.78 is 17.4. The molecule has 0 aromatic rings. The van der Waals surface area contributed by atoms with Crippen LogP contribution in [-0.4, -0.2) is 56.7 Å². The van der Waals surface area contributed by atoms with E-state index in [1.165, 1.54) is 19.3 Å². The van der Waals surface area contributed by atoms with Crippen LogP contribution in [0.5, 0.6) is 0 Å². The molecular weight excluding hydrogens is 242 g/mol. The summed E-state index contributed by atoms with van der Waals surface area (Å²) in [6.45, 7) is 9.98. The van der Waals surface area contributed by atoms with E-state index in [-0.39, 0.29) is 12.4 Å². The molecule has 2 heterocycles. The van der Waals surface area contributed by atoms with Gasteiger partial charge in [-0.2, -0.15) is 0 Å². The summed E-state index contributed by atoms with van der Waals surface area (Å²) in [4.78, 5) is 2.42. The summed E-state index contributed by atoms with van der Waals surface area (Å²) in [5, 5.41) is 0. The molecule has 2 saturated heterocycles. The molecule has 0 amide bonds. The summed E-state index contributed by atoms with van der Waals surface area (Å²) in [7, 11) is 0. The fraction of sp³-hybridized carbons (Fsp3) is 1.00. The van der Waals surface area contributed by atoms with Crippen molar-refractivity contribution in [2.24, 2.45) is 5.92 Å². The maximum Gasteiger partial charge on any atom is 0.161 e. The number of rotatable bonds is 7. The Kier molecular flexibility index (Phi) is 6.57. The van der Waals surface area contributed by atoms with Crippen molar-refractivity contribution in [1.29, 1.82) is 0 Å². The van der Waals surface area contributed by atoms with Crippen LogP contribution in [0.1, 0.15) is 39.5 Å². The van der Waals surface area contributed by atoms with Gasteiger partial charge in [0.2, 0.25) is 0 Å². The van der Waals surface area contributed by atoms with Gasteiger partial charge in [-0.1, -0.05) is 26.7 Å². The standard InChI is InChI=1S/C15H29NO3/c1-3-5-6-13(4-2)15-18-12-14(19-15)11-16-7-9-17-10-8-16/h13-15H,3-12H2,1-2H3. The molecule has 0 saturated carbocycles. The molecule has 0 aromatic heterocycles. The minimum Gasteiger partial charge on any atom is -0.379 e. The lowest BCUT2D eigenvalue weighted by molar-refractivity contribution is -0.104. The highest BCUT2D eigenvalue weighted by atomic mass is 16.7. The van der Waals surface area contributed by atoms with Crippen LogP contribution in [0.4, 0.5) is 0 Å². The fourth-order valence-electron chi connectivity index (χ4n) is 2.88. The third-order valence-electron chi connectivity index (χ3n) is 4.18. The molecule has 3 unspecified atom stereocenters. The largest absolute Gasteiger partial charge is 0.379 e. The average molecular weight is 271 g/mol. The molecule has 4 nitrogen and oxygen atoms in total. The monoisotopic (exact) mass is 271 g/mol. The zero-order valence-corrected chi connectivity index (χ0v) is 12.5. The Labute approximate surface area is 117 Å². The van der Waals surface area contributed by atoms with Crippen molar-refractivity contribution in [2.75, 3.05) is 39.5 Å². The first kappa shape index (κ1) is 15.2. The second-order valence-corrected chi connectivity index (χ2v) is 5.68. The van der Waals surface area contributed by atoms with Gasteiger partial charge in [-0.25, -0.2) is 0 Å². The molecule has 19 heavy (non-hydrogen) atoms. The van der Waals surface area contributed by atoms with Crippen LogP contribution in [0.2, 0.25) is 0 Å². The van der Waals surface area contributed by atoms with Gasteiger partial charge in [0.25, 0.3) is 0 Å². The number of ether oxygens (including phenoxy) is 3. The number of hydrogen-bond acceptors (Lipinski definition) is 4. The fourth-order valence-corrected chi connectivity index (χ4v) is 2.88. The van der Waals surface area contributed by atoms with Crippen LogP contribution >= 0.6 is 0 Å². The molecule has 112 valence electrons. The van der Waals surface area contributed by atoms with Crippen LogP contribution in [0, 0.1) is 5.92 Å². The van der Waals surface area contributed by atoms with Crippen molar-refractivity contribution < 1.29 is 14.2 Å². The Morgan fingerprint density at radius 2 is 2.00 bits per heavy atom. The summed E-state index contributed by atoms with van der Waals surface area (Å²) in [6.07, 6.45) is 5.18. The molecule has 0 bridgehead atoms. The predicted molar refractivity (Wildman–Crippen MR) is 75.2 cm³/mol. The lowest BCUT2D eigenvalue weighted by Crippen LogP contribution is -2.41. The molecule has 2 rings (SSSR count). The van der Waals surface area contributed by atoms with Crippen LogP contribution in [0.15, 0.2) is 0 Å². The first-order valence-electron chi connectivity index (χ1n) is 7.90. The molecule has 4 heteroatoms. The van der Waals surface area contributed by atoms with E-state index >= 15 is 0 Å². The summed E-state index contributed by atoms with van der Waals surface area (Å²) in [5.74, 6) is 0.564. The number of morpholine rings is 1. The van der Waals surface area contributed by atoms with Gasteiger partial charge in [-0.3, -0.25) is 4.90 Å². The van der Waals surface area contributed by atoms with Crippen LogP contribution in [-0.2, 0) is 14.2 Å². The number of unbranched alkanes of at least 4 members (excludes halogenated alkanes) is 1. The lowest BCUT2D eigenvalue weighted by atomic mass is 9.99. The smallest absolute Gasteiger partial charge is 0.161 e. The first-order valence-corrected chi connectivity index (χ1v) is 7.90. The van der Waals surface area contributed by atoms with E-state index in [4.69, 9.17) is 14.2 Å². The van der Waals surface area contributed by atoms with E-state index in [0.29, 0.717) is 5.92 Å². The molecule has 3 atom stereocenters. The molecule has 0 spiro atoms. The third-order valence-corrected chi connectivity index (χ3v) is 4.18. The van der Waals surface area contributed by atoms with E-state index in [9.17, 15) is 0 Å². The lowest BCUT2D eigenvalue weighted by Gasteiger charge is -2.28. The normalized spacial score (nSPS) is 30.6. The molecule has 0 N–H and O–H groups in total. The van der Waals surface area contributed by atoms with Gasteiger partial charge < -0.3 is 14.2 Å². The second-order valence-electron chi connectivity index (χ2n) is 5.68. The van der Waals surface area contributed by atoms with Crippen molar-refractivity contribution in [3.8, 4) is 0 Å². The van der Waals surface area contributed by atoms with Crippen molar-refractivity contribution in [3.63, 3.8) is 0 Å². The zero-order chi connectivity index (χ0) is 13.5. The highest BCUT2D eigenvalue weighted by molar-refractivity contribution is 4.75. The minimum absolute atomic E-state index is 0.0302. The summed E-state index contributed by atoms with van der Waals surface area (Å²) >= 11 is 0. The SMILES string of the molecule is CCCCC(CC)C1OCC(CN2CCOCC2)O1. The van der Waals surface area contributed by atoms with E-state index in [1.54, 1.807) is 0 Å². The highest BCUT2D eigenvalue weighted by Gasteiger charge is 2.32. The average Bonchev–Trinajstić information content (AvgIpc) is 2.89. The van der Waals surface area contributed by atoms with Crippen LogP contribution < -0.4 is 0 Å². The van der Waals surface area contributed by atoms with Crippen LogP contribution in [0.25, 0.3) is 0 Å². The Balaban J connectivity index is 1.71. The maximum absolute atomic E-state index is 6.11. The van der Waals surface area contributed by atoms with E-state index in [0.717, 1.165) is 45.9 Å².